The highest BCUT2D eigenvalue weighted by Gasteiger charge is 2.04. The van der Waals surface area contributed by atoms with Gasteiger partial charge in [0.1, 0.15) is 0 Å². The predicted molar refractivity (Wildman–Crippen MR) is 32.3 cm³/mol. The van der Waals surface area contributed by atoms with E-state index in [1.54, 1.807) is 0 Å². The van der Waals surface area contributed by atoms with Crippen LogP contribution in [0.2, 0.25) is 0 Å². The molecule has 9 heavy (non-hydrogen) atoms. The predicted octanol–water partition coefficient (Wildman–Crippen LogP) is -0.0524. The van der Waals surface area contributed by atoms with Crippen LogP contribution in [0.25, 0.3) is 0 Å². The summed E-state index contributed by atoms with van der Waals surface area (Å²) in [6.45, 7) is 0. The molecule has 0 aliphatic rings. The molecule has 5 heteroatoms. The Labute approximate surface area is 55.0 Å². The number of aromatic nitrogens is 1. The van der Waals surface area contributed by atoms with Crippen LogP contribution in [-0.2, 0) is 0 Å². The van der Waals surface area contributed by atoms with Crippen molar-refractivity contribution in [3.8, 4) is 5.88 Å². The first-order valence-electron chi connectivity index (χ1n) is 2.14. The summed E-state index contributed by atoms with van der Waals surface area (Å²) in [6, 6.07) is 0. The second-order valence-electron chi connectivity index (χ2n) is 1.38. The zero-order valence-corrected chi connectivity index (χ0v) is 5.18. The van der Waals surface area contributed by atoms with E-state index in [1.807, 2.05) is 0 Å². The lowest BCUT2D eigenvalue weighted by molar-refractivity contribution is 0.0999. The molecule has 0 bridgehead atoms. The van der Waals surface area contributed by atoms with Crippen LogP contribution in [0.4, 0.5) is 0 Å². The molecule has 1 aromatic heterocycles. The van der Waals surface area contributed by atoms with Crippen LogP contribution in [0, 0.1) is 0 Å². The zero-order chi connectivity index (χ0) is 6.85. The minimum absolute atomic E-state index is 0.132. The number of carbonyl (C=O) groups excluding carboxylic acids is 1. The standard InChI is InChI=1S/C4H4N2O2S/c5-3(8)4-6-2(7)1-9-4/h1,7H,(H2,5,8). The van der Waals surface area contributed by atoms with Crippen molar-refractivity contribution in [3.05, 3.63) is 10.4 Å². The maximum atomic E-state index is 10.3. The molecule has 3 N–H and O–H groups in total. The number of amides is 1. The van der Waals surface area contributed by atoms with Gasteiger partial charge in [0.15, 0.2) is 5.01 Å². The summed E-state index contributed by atoms with van der Waals surface area (Å²) in [5.41, 5.74) is 4.82. The number of rotatable bonds is 1. The maximum absolute atomic E-state index is 10.3. The van der Waals surface area contributed by atoms with E-state index in [0.29, 0.717) is 0 Å². The Morgan fingerprint density at radius 2 is 2.56 bits per heavy atom. The number of nitrogens with two attached hydrogens (primary N) is 1. The molecule has 1 aromatic rings. The molecule has 4 nitrogen and oxygen atoms in total. The van der Waals surface area contributed by atoms with E-state index < -0.39 is 5.91 Å². The second-order valence-corrected chi connectivity index (χ2v) is 2.23. The van der Waals surface area contributed by atoms with E-state index in [0.717, 1.165) is 11.3 Å². The molecule has 0 unspecified atom stereocenters. The molecule has 1 heterocycles. The fourth-order valence-electron chi connectivity index (χ4n) is 0.378. The van der Waals surface area contributed by atoms with Crippen LogP contribution in [0.15, 0.2) is 5.38 Å². The largest absolute Gasteiger partial charge is 0.493 e. The Bertz CT molecular complexity index is 232. The quantitative estimate of drug-likeness (QED) is 0.580. The van der Waals surface area contributed by atoms with Crippen molar-refractivity contribution in [3.63, 3.8) is 0 Å². The van der Waals surface area contributed by atoms with E-state index in [9.17, 15) is 4.79 Å². The fourth-order valence-corrected chi connectivity index (χ4v) is 0.911. The van der Waals surface area contributed by atoms with Crippen LogP contribution in [0.5, 0.6) is 5.88 Å². The number of nitrogens with zero attached hydrogens (tertiary/aromatic N) is 1. The van der Waals surface area contributed by atoms with Gasteiger partial charge >= 0.3 is 0 Å². The molecular weight excluding hydrogens is 140 g/mol. The van der Waals surface area contributed by atoms with Gasteiger partial charge in [-0.25, -0.2) is 0 Å². The van der Waals surface area contributed by atoms with Gasteiger partial charge in [-0.15, -0.1) is 11.3 Å². The van der Waals surface area contributed by atoms with Gasteiger partial charge in [0.2, 0.25) is 5.88 Å². The molecule has 1 rings (SSSR count). The van der Waals surface area contributed by atoms with E-state index in [1.165, 1.54) is 5.38 Å². The molecule has 0 aliphatic heterocycles. The van der Waals surface area contributed by atoms with Crippen molar-refractivity contribution in [1.82, 2.24) is 4.98 Å². The molecule has 48 valence electrons. The van der Waals surface area contributed by atoms with E-state index in [-0.39, 0.29) is 10.9 Å². The Hall–Kier alpha value is -1.10. The summed E-state index contributed by atoms with van der Waals surface area (Å²) in [7, 11) is 0. The summed E-state index contributed by atoms with van der Waals surface area (Å²) >= 11 is 1.02. The van der Waals surface area contributed by atoms with Crippen LogP contribution in [0.1, 0.15) is 9.80 Å². The number of primary amides is 1. The normalized spacial score (nSPS) is 9.33. The lowest BCUT2D eigenvalue weighted by Crippen LogP contribution is -2.09. The lowest BCUT2D eigenvalue weighted by Gasteiger charge is -1.79. The van der Waals surface area contributed by atoms with Crippen molar-refractivity contribution in [2.45, 2.75) is 0 Å². The second kappa shape index (κ2) is 2.02. The van der Waals surface area contributed by atoms with Crippen molar-refractivity contribution in [2.75, 3.05) is 0 Å². The third-order valence-electron chi connectivity index (χ3n) is 0.703. The van der Waals surface area contributed by atoms with Gasteiger partial charge in [0, 0.05) is 0 Å². The van der Waals surface area contributed by atoms with Crippen molar-refractivity contribution in [2.24, 2.45) is 5.73 Å². The first-order valence-corrected chi connectivity index (χ1v) is 3.02. The summed E-state index contributed by atoms with van der Waals surface area (Å²) in [5.74, 6) is -0.769. The SMILES string of the molecule is NC(=O)c1nc(O)cs1. The van der Waals surface area contributed by atoms with E-state index in [2.05, 4.69) is 4.98 Å². The highest BCUT2D eigenvalue weighted by atomic mass is 32.1. The van der Waals surface area contributed by atoms with E-state index in [4.69, 9.17) is 10.8 Å². The Morgan fingerprint density at radius 3 is 2.78 bits per heavy atom. The van der Waals surface area contributed by atoms with Gasteiger partial charge < -0.3 is 10.8 Å². The van der Waals surface area contributed by atoms with Crippen LogP contribution in [0.3, 0.4) is 0 Å². The topological polar surface area (TPSA) is 76.2 Å². The summed E-state index contributed by atoms with van der Waals surface area (Å²) in [4.78, 5) is 13.7. The fraction of sp³-hybridized carbons (Fsp3) is 0. The minimum atomic E-state index is -0.611. The average molecular weight is 144 g/mol. The lowest BCUT2D eigenvalue weighted by atomic mass is 10.7. The first-order chi connectivity index (χ1) is 4.20. The van der Waals surface area contributed by atoms with Gasteiger partial charge in [-0.3, -0.25) is 4.79 Å². The summed E-state index contributed by atoms with van der Waals surface area (Å²) in [6.07, 6.45) is 0. The maximum Gasteiger partial charge on any atom is 0.277 e. The van der Waals surface area contributed by atoms with Crippen LogP contribution in [-0.4, -0.2) is 16.0 Å². The van der Waals surface area contributed by atoms with Crippen molar-refractivity contribution < 1.29 is 9.90 Å². The molecular formula is C4H4N2O2S. The number of carbonyl (C=O) groups is 1. The molecule has 0 atom stereocenters. The average Bonchev–Trinajstić information content (AvgIpc) is 2.14. The molecule has 0 fully saturated rings. The summed E-state index contributed by atoms with van der Waals surface area (Å²) in [5, 5.41) is 10.1. The van der Waals surface area contributed by atoms with Gasteiger partial charge in [-0.05, 0) is 0 Å². The highest BCUT2D eigenvalue weighted by Crippen LogP contribution is 2.12. The number of thiazole rings is 1. The smallest absolute Gasteiger partial charge is 0.277 e. The van der Waals surface area contributed by atoms with Gasteiger partial charge in [0.05, 0.1) is 5.38 Å². The molecule has 0 saturated carbocycles. The molecule has 0 saturated heterocycles. The first kappa shape index (κ1) is 6.03. The van der Waals surface area contributed by atoms with Gasteiger partial charge in [-0.2, -0.15) is 4.98 Å². The highest BCUT2D eigenvalue weighted by molar-refractivity contribution is 7.11. The summed E-state index contributed by atoms with van der Waals surface area (Å²) < 4.78 is 0. The van der Waals surface area contributed by atoms with Crippen molar-refractivity contribution >= 4 is 17.2 Å². The third kappa shape index (κ3) is 1.17. The van der Waals surface area contributed by atoms with Crippen LogP contribution >= 0.6 is 11.3 Å². The van der Waals surface area contributed by atoms with Gasteiger partial charge in [-0.1, -0.05) is 0 Å². The number of hydrogen-bond donors (Lipinski definition) is 2. The van der Waals surface area contributed by atoms with E-state index >= 15 is 0 Å². The number of aromatic hydroxyl groups is 1. The Kier molecular flexibility index (Phi) is 1.35. The zero-order valence-electron chi connectivity index (χ0n) is 4.37. The molecule has 0 aliphatic carbocycles. The Balaban J connectivity index is 2.98. The minimum Gasteiger partial charge on any atom is -0.493 e. The molecule has 0 aromatic carbocycles. The monoisotopic (exact) mass is 144 g/mol. The van der Waals surface area contributed by atoms with Crippen LogP contribution < -0.4 is 5.73 Å². The molecule has 1 amide bonds. The van der Waals surface area contributed by atoms with Gasteiger partial charge in [0.25, 0.3) is 5.91 Å². The Morgan fingerprint density at radius 1 is 1.89 bits per heavy atom. The molecule has 0 spiro atoms. The third-order valence-corrected chi connectivity index (χ3v) is 1.55. The number of hydrogen-bond acceptors (Lipinski definition) is 4. The molecule has 0 radical (unpaired) electrons. The van der Waals surface area contributed by atoms with Crippen molar-refractivity contribution in [1.29, 1.82) is 0 Å².